The van der Waals surface area contributed by atoms with Gasteiger partial charge >= 0.3 is 59.7 Å². The van der Waals surface area contributed by atoms with Crippen LogP contribution in [0.15, 0.2) is 24.3 Å². The number of ether oxygens (including phenoxy) is 1. The maximum atomic E-state index is 14.1. The Morgan fingerprint density at radius 1 is 0.681 bits per heavy atom. The van der Waals surface area contributed by atoms with Crippen molar-refractivity contribution in [1.29, 1.82) is 0 Å². The minimum absolute atomic E-state index is 0.0463. The van der Waals surface area contributed by atoms with Gasteiger partial charge in [0.1, 0.15) is 12.6 Å². The summed E-state index contributed by atoms with van der Waals surface area (Å²) in [5.74, 6) is -59.3. The molecule has 270 valence electrons. The smallest absolute Gasteiger partial charge is 0.460 e. The average molecular weight is 726 g/mol. The molecule has 0 aliphatic carbocycles. The Morgan fingerprint density at radius 2 is 1.09 bits per heavy atom. The molecule has 2 amide bonds. The Balaban J connectivity index is 3.08. The largest absolute Gasteiger partial charge is 0.480 e. The number of hydrogen-bond acceptors (Lipinski definition) is 4. The van der Waals surface area contributed by atoms with E-state index in [9.17, 15) is 89.0 Å². The van der Waals surface area contributed by atoms with Crippen molar-refractivity contribution >= 4 is 18.0 Å². The highest BCUT2D eigenvalue weighted by Gasteiger charge is 2.95. The van der Waals surface area contributed by atoms with E-state index in [1.807, 2.05) is 5.32 Å². The lowest BCUT2D eigenvalue weighted by Crippen LogP contribution is -2.74. The molecular formula is C23H19F17N2O5. The monoisotopic (exact) mass is 726 g/mol. The lowest BCUT2D eigenvalue weighted by atomic mass is 9.87. The number of aliphatic carboxylic acids is 1. The molecule has 0 heterocycles. The lowest BCUT2D eigenvalue weighted by molar-refractivity contribution is -0.461. The fraction of sp³-hybridized carbons (Fsp3) is 0.609. The summed E-state index contributed by atoms with van der Waals surface area (Å²) < 4.78 is 232. The summed E-state index contributed by atoms with van der Waals surface area (Å²) in [6, 6.07) is 1.66. The molecule has 7 nitrogen and oxygen atoms in total. The van der Waals surface area contributed by atoms with Crippen LogP contribution in [-0.4, -0.2) is 76.8 Å². The highest BCUT2D eigenvalue weighted by atomic mass is 19.4. The molecule has 0 spiro atoms. The minimum atomic E-state index is -8.70. The SMILES string of the molecule is NC(=O)CC[C@H](NC(=O)OCc1ccc(CCC(F)(F)C(F)(F)C(F)(F)C(F)(F)C(F)(F)C(F)(F)C(F)(F)C(F)(F)F)cc1)C(=O)O. The van der Waals surface area contributed by atoms with E-state index in [1.165, 1.54) is 0 Å². The summed E-state index contributed by atoms with van der Waals surface area (Å²) in [6.45, 7) is -0.698. The third-order valence-corrected chi connectivity index (χ3v) is 6.18. The number of carbonyl (C=O) groups excluding carboxylic acids is 2. The fourth-order valence-electron chi connectivity index (χ4n) is 3.33. The Kier molecular flexibility index (Phi) is 11.8. The quantitative estimate of drug-likeness (QED) is 0.167. The van der Waals surface area contributed by atoms with Crippen molar-refractivity contribution in [3.8, 4) is 0 Å². The number of rotatable bonds is 16. The highest BCUT2D eigenvalue weighted by Crippen LogP contribution is 2.64. The van der Waals surface area contributed by atoms with Gasteiger partial charge in [0.05, 0.1) is 0 Å². The second kappa shape index (κ2) is 13.4. The molecule has 47 heavy (non-hydrogen) atoms. The van der Waals surface area contributed by atoms with Crippen molar-refractivity contribution in [2.24, 2.45) is 5.73 Å². The molecule has 0 bridgehead atoms. The van der Waals surface area contributed by atoms with Gasteiger partial charge < -0.3 is 20.9 Å². The molecule has 24 heteroatoms. The third kappa shape index (κ3) is 7.87. The van der Waals surface area contributed by atoms with Crippen molar-refractivity contribution < 1.29 is 98.9 Å². The fourth-order valence-corrected chi connectivity index (χ4v) is 3.33. The molecular weight excluding hydrogens is 707 g/mol. The van der Waals surface area contributed by atoms with Crippen LogP contribution in [0.25, 0.3) is 0 Å². The van der Waals surface area contributed by atoms with Gasteiger partial charge in [-0.2, -0.15) is 74.6 Å². The van der Waals surface area contributed by atoms with E-state index in [1.54, 1.807) is 0 Å². The van der Waals surface area contributed by atoms with Gasteiger partial charge in [0, 0.05) is 12.8 Å². The zero-order valence-corrected chi connectivity index (χ0v) is 22.5. The van der Waals surface area contributed by atoms with Gasteiger partial charge in [0.15, 0.2) is 0 Å². The highest BCUT2D eigenvalue weighted by molar-refractivity contribution is 5.81. The number of amides is 2. The van der Waals surface area contributed by atoms with Crippen LogP contribution in [0, 0.1) is 0 Å². The summed E-state index contributed by atoms with van der Waals surface area (Å²) in [7, 11) is 0. The number of carboxylic acids is 1. The summed E-state index contributed by atoms with van der Waals surface area (Å²) in [5, 5.41) is 10.8. The third-order valence-electron chi connectivity index (χ3n) is 6.18. The van der Waals surface area contributed by atoms with Crippen molar-refractivity contribution in [2.45, 2.75) is 86.0 Å². The number of primary amides is 1. The molecule has 0 saturated heterocycles. The molecule has 1 aromatic carbocycles. The van der Waals surface area contributed by atoms with E-state index in [4.69, 9.17) is 10.8 Å². The molecule has 1 rings (SSSR count). The Bertz CT molecular complexity index is 1280. The number of halogens is 17. The van der Waals surface area contributed by atoms with Gasteiger partial charge in [-0.25, -0.2) is 9.59 Å². The molecule has 0 saturated carbocycles. The number of carbonyl (C=O) groups is 3. The molecule has 0 fully saturated rings. The zero-order chi connectivity index (χ0) is 37.2. The second-order valence-corrected chi connectivity index (χ2v) is 9.58. The first-order chi connectivity index (χ1) is 20.8. The van der Waals surface area contributed by atoms with Gasteiger partial charge in [-0.1, -0.05) is 24.3 Å². The number of nitrogens with one attached hydrogen (secondary N) is 1. The van der Waals surface area contributed by atoms with E-state index >= 15 is 0 Å². The molecule has 0 aliphatic heterocycles. The van der Waals surface area contributed by atoms with Crippen LogP contribution in [0.5, 0.6) is 0 Å². The van der Waals surface area contributed by atoms with Crippen LogP contribution in [0.1, 0.15) is 30.4 Å². The number of nitrogens with two attached hydrogens (primary N) is 1. The Labute approximate surface area is 250 Å². The molecule has 4 N–H and O–H groups in total. The normalized spacial score (nSPS) is 14.8. The van der Waals surface area contributed by atoms with Crippen molar-refractivity contribution in [3.63, 3.8) is 0 Å². The van der Waals surface area contributed by atoms with E-state index in [0.717, 1.165) is 24.3 Å². The lowest BCUT2D eigenvalue weighted by Gasteiger charge is -2.42. The molecule has 0 aliphatic rings. The topological polar surface area (TPSA) is 119 Å². The average Bonchev–Trinajstić information content (AvgIpc) is 2.92. The first kappa shape index (κ1) is 41.3. The van der Waals surface area contributed by atoms with Crippen LogP contribution in [-0.2, 0) is 27.4 Å². The van der Waals surface area contributed by atoms with Crippen molar-refractivity contribution in [2.75, 3.05) is 0 Å². The van der Waals surface area contributed by atoms with E-state index < -0.39 is 109 Å². The zero-order valence-electron chi connectivity index (χ0n) is 22.5. The number of aryl methyl sites for hydroxylation is 1. The summed E-state index contributed by atoms with van der Waals surface area (Å²) in [6.07, 6.45) is -14.2. The van der Waals surface area contributed by atoms with Crippen molar-refractivity contribution in [1.82, 2.24) is 5.32 Å². The van der Waals surface area contributed by atoms with E-state index in [2.05, 4.69) is 4.74 Å². The second-order valence-electron chi connectivity index (χ2n) is 9.58. The maximum absolute atomic E-state index is 14.1. The van der Waals surface area contributed by atoms with Crippen molar-refractivity contribution in [3.05, 3.63) is 35.4 Å². The van der Waals surface area contributed by atoms with Gasteiger partial charge in [-0.15, -0.1) is 0 Å². The molecule has 1 aromatic rings. The standard InChI is InChI=1S/C23H19F17N2O5/c24-16(25,17(26,27)18(28,29)19(30,31)20(32,33)21(34,35)22(36,37)23(38,39)40)8-7-10-1-3-11(4-2-10)9-47-15(46)42-12(14(44)45)5-6-13(41)43/h1-4,12H,5-9H2,(H2,41,43)(H,42,46)(H,44,45)/t12-/m0/s1. The summed E-state index contributed by atoms with van der Waals surface area (Å²) in [4.78, 5) is 33.6. The molecule has 0 aromatic heterocycles. The van der Waals surface area contributed by atoms with Crippen LogP contribution in [0.2, 0.25) is 0 Å². The van der Waals surface area contributed by atoms with Crippen LogP contribution >= 0.6 is 0 Å². The number of benzene rings is 1. The molecule has 0 unspecified atom stereocenters. The summed E-state index contributed by atoms with van der Waals surface area (Å²) >= 11 is 0. The van der Waals surface area contributed by atoms with Gasteiger partial charge in [0.2, 0.25) is 5.91 Å². The summed E-state index contributed by atoms with van der Waals surface area (Å²) in [5.41, 5.74) is 4.28. The predicted molar refractivity (Wildman–Crippen MR) is 119 cm³/mol. The Morgan fingerprint density at radius 3 is 1.49 bits per heavy atom. The van der Waals surface area contributed by atoms with Crippen LogP contribution in [0.3, 0.4) is 0 Å². The predicted octanol–water partition coefficient (Wildman–Crippen LogP) is 6.57. The minimum Gasteiger partial charge on any atom is -0.480 e. The van der Waals surface area contributed by atoms with Crippen LogP contribution < -0.4 is 11.1 Å². The van der Waals surface area contributed by atoms with Crippen LogP contribution in [0.4, 0.5) is 79.4 Å². The van der Waals surface area contributed by atoms with Gasteiger partial charge in [0.25, 0.3) is 0 Å². The molecule has 1 atom stereocenters. The first-order valence-electron chi connectivity index (χ1n) is 12.1. The molecule has 0 radical (unpaired) electrons. The first-order valence-corrected chi connectivity index (χ1v) is 12.1. The number of carboxylic acid groups (broad SMARTS) is 1. The number of alkyl halides is 17. The van der Waals surface area contributed by atoms with Gasteiger partial charge in [-0.05, 0) is 24.0 Å². The number of hydrogen-bond donors (Lipinski definition) is 3. The maximum Gasteiger partial charge on any atom is 0.460 e. The van der Waals surface area contributed by atoms with Gasteiger partial charge in [-0.3, -0.25) is 4.79 Å². The number of alkyl carbamates (subject to hydrolysis) is 1. The van der Waals surface area contributed by atoms with E-state index in [-0.39, 0.29) is 5.56 Å². The Hall–Kier alpha value is -3.76. The van der Waals surface area contributed by atoms with E-state index in [0.29, 0.717) is 0 Å².